The summed E-state index contributed by atoms with van der Waals surface area (Å²) in [6.07, 6.45) is 5.12. The molecule has 0 aliphatic carbocycles. The SMILES string of the molecule is C=CC(=O)NCCCCOc1ccc(CC(=O)[O-])cc1OCCCCNC(=O)C=C.[Na+]. The van der Waals surface area contributed by atoms with Crippen LogP contribution in [0.3, 0.4) is 0 Å². The van der Waals surface area contributed by atoms with Crippen LogP contribution in [0.4, 0.5) is 0 Å². The predicted molar refractivity (Wildman–Crippen MR) is 111 cm³/mol. The average molecular weight is 440 g/mol. The van der Waals surface area contributed by atoms with Gasteiger partial charge in [-0.3, -0.25) is 9.59 Å². The van der Waals surface area contributed by atoms with Crippen LogP contribution in [0.5, 0.6) is 11.5 Å². The number of carboxylic acid groups (broad SMARTS) is 1. The van der Waals surface area contributed by atoms with Gasteiger partial charge < -0.3 is 30.0 Å². The topological polar surface area (TPSA) is 117 Å². The second kappa shape index (κ2) is 17.4. The van der Waals surface area contributed by atoms with Crippen molar-refractivity contribution in [3.63, 3.8) is 0 Å². The van der Waals surface area contributed by atoms with E-state index in [0.717, 1.165) is 19.3 Å². The maximum Gasteiger partial charge on any atom is 1.00 e. The van der Waals surface area contributed by atoms with E-state index in [1.54, 1.807) is 18.2 Å². The average Bonchev–Trinajstić information content (AvgIpc) is 2.73. The Morgan fingerprint density at radius 2 is 1.39 bits per heavy atom. The Labute approximate surface area is 205 Å². The van der Waals surface area contributed by atoms with E-state index in [1.165, 1.54) is 12.2 Å². The number of carbonyl (C=O) groups is 3. The largest absolute Gasteiger partial charge is 1.00 e. The van der Waals surface area contributed by atoms with Crippen LogP contribution >= 0.6 is 0 Å². The van der Waals surface area contributed by atoms with Gasteiger partial charge in [-0.15, -0.1) is 0 Å². The smallest absolute Gasteiger partial charge is 0.550 e. The molecule has 164 valence electrons. The fourth-order valence-electron chi connectivity index (χ4n) is 2.45. The van der Waals surface area contributed by atoms with Gasteiger partial charge in [0.05, 0.1) is 13.2 Å². The number of amides is 2. The molecule has 0 aliphatic heterocycles. The molecule has 0 fully saturated rings. The van der Waals surface area contributed by atoms with Gasteiger partial charge in [-0.2, -0.15) is 0 Å². The van der Waals surface area contributed by atoms with Crippen LogP contribution in [0.25, 0.3) is 0 Å². The van der Waals surface area contributed by atoms with Gasteiger partial charge in [-0.25, -0.2) is 0 Å². The van der Waals surface area contributed by atoms with Gasteiger partial charge in [0.1, 0.15) is 0 Å². The van der Waals surface area contributed by atoms with Crippen molar-refractivity contribution in [2.75, 3.05) is 26.3 Å². The Balaban J connectivity index is 0.00000900. The van der Waals surface area contributed by atoms with E-state index in [2.05, 4.69) is 23.8 Å². The van der Waals surface area contributed by atoms with E-state index in [1.807, 2.05) is 0 Å². The molecule has 0 aliphatic rings. The first-order valence-corrected chi connectivity index (χ1v) is 9.85. The van der Waals surface area contributed by atoms with E-state index >= 15 is 0 Å². The van der Waals surface area contributed by atoms with Crippen molar-refractivity contribution >= 4 is 17.8 Å². The minimum atomic E-state index is -1.17. The number of nitrogens with one attached hydrogen (secondary N) is 2. The molecule has 0 heterocycles. The Hall–Kier alpha value is -2.29. The minimum absolute atomic E-state index is 0. The number of carboxylic acids is 1. The number of carbonyl (C=O) groups excluding carboxylic acids is 3. The summed E-state index contributed by atoms with van der Waals surface area (Å²) in [6.45, 7) is 8.64. The predicted octanol–water partition coefficient (Wildman–Crippen LogP) is -2.09. The van der Waals surface area contributed by atoms with Crippen LogP contribution in [-0.2, 0) is 20.8 Å². The number of rotatable bonds is 16. The normalized spacial score (nSPS) is 9.68. The van der Waals surface area contributed by atoms with Crippen molar-refractivity contribution in [2.45, 2.75) is 32.1 Å². The molecule has 0 spiro atoms. The molecule has 0 unspecified atom stereocenters. The molecule has 8 nitrogen and oxygen atoms in total. The maximum atomic E-state index is 11.1. The first-order chi connectivity index (χ1) is 14.5. The van der Waals surface area contributed by atoms with E-state index in [0.29, 0.717) is 49.8 Å². The van der Waals surface area contributed by atoms with Crippen molar-refractivity contribution in [2.24, 2.45) is 0 Å². The summed E-state index contributed by atoms with van der Waals surface area (Å²) in [4.78, 5) is 33.0. The first-order valence-electron chi connectivity index (χ1n) is 9.85. The molecule has 31 heavy (non-hydrogen) atoms. The third kappa shape index (κ3) is 13.6. The molecular weight excluding hydrogens is 411 g/mol. The molecule has 2 N–H and O–H groups in total. The molecule has 0 saturated heterocycles. The van der Waals surface area contributed by atoms with E-state index < -0.39 is 5.97 Å². The van der Waals surface area contributed by atoms with Crippen LogP contribution in [0.1, 0.15) is 31.2 Å². The molecule has 1 rings (SSSR count). The zero-order valence-corrected chi connectivity index (χ0v) is 20.1. The number of unbranched alkanes of at least 4 members (excludes halogenated alkanes) is 2. The number of hydrogen-bond donors (Lipinski definition) is 2. The molecule has 0 aromatic heterocycles. The first kappa shape index (κ1) is 28.7. The monoisotopic (exact) mass is 440 g/mol. The quantitative estimate of drug-likeness (QED) is 0.173. The van der Waals surface area contributed by atoms with Gasteiger partial charge >= 0.3 is 29.6 Å². The Morgan fingerprint density at radius 1 is 0.871 bits per heavy atom. The number of ether oxygens (including phenoxy) is 2. The standard InChI is InChI=1S/C22H30N2O6.Na/c1-3-20(25)23-11-5-7-13-29-18-10-9-17(16-22(27)28)15-19(18)30-14-8-6-12-24-21(26)4-2;/h3-4,9-10,15H,1-2,5-8,11-14,16H2,(H,23,25)(H,24,26)(H,27,28);/q;+1/p-1. The fourth-order valence-corrected chi connectivity index (χ4v) is 2.45. The van der Waals surface area contributed by atoms with Crippen LogP contribution < -0.4 is 54.8 Å². The molecule has 1 aromatic rings. The minimum Gasteiger partial charge on any atom is -0.550 e. The summed E-state index contributed by atoms with van der Waals surface area (Å²) in [6, 6.07) is 4.97. The number of benzene rings is 1. The van der Waals surface area contributed by atoms with Crippen LogP contribution in [-0.4, -0.2) is 44.1 Å². The molecule has 1 aromatic carbocycles. The van der Waals surface area contributed by atoms with Crippen LogP contribution in [0, 0.1) is 0 Å². The summed E-state index contributed by atoms with van der Waals surface area (Å²) in [7, 11) is 0. The van der Waals surface area contributed by atoms with Gasteiger partial charge in [0.15, 0.2) is 11.5 Å². The Kier molecular flexibility index (Phi) is 16.1. The number of aliphatic carboxylic acids is 1. The van der Waals surface area contributed by atoms with E-state index in [9.17, 15) is 19.5 Å². The van der Waals surface area contributed by atoms with Gasteiger partial charge in [0.2, 0.25) is 11.8 Å². The summed E-state index contributed by atoms with van der Waals surface area (Å²) in [5.41, 5.74) is 0.558. The molecule has 9 heteroatoms. The zero-order valence-electron chi connectivity index (χ0n) is 18.1. The summed E-state index contributed by atoms with van der Waals surface area (Å²) < 4.78 is 11.5. The van der Waals surface area contributed by atoms with Gasteiger partial charge in [-0.05, 0) is 55.5 Å². The second-order valence-electron chi connectivity index (χ2n) is 6.43. The van der Waals surface area contributed by atoms with Crippen molar-refractivity contribution in [1.82, 2.24) is 10.6 Å². The summed E-state index contributed by atoms with van der Waals surface area (Å²) >= 11 is 0. The fraction of sp³-hybridized carbons (Fsp3) is 0.409. The third-order valence-corrected chi connectivity index (χ3v) is 3.98. The molecule has 0 atom stereocenters. The van der Waals surface area contributed by atoms with Crippen molar-refractivity contribution in [3.05, 3.63) is 49.1 Å². The maximum absolute atomic E-state index is 11.1. The Morgan fingerprint density at radius 3 is 1.87 bits per heavy atom. The van der Waals surface area contributed by atoms with Gasteiger partial charge in [-0.1, -0.05) is 19.2 Å². The molecule has 0 saturated carbocycles. The van der Waals surface area contributed by atoms with Crippen molar-refractivity contribution in [1.29, 1.82) is 0 Å². The van der Waals surface area contributed by atoms with Crippen LogP contribution in [0.2, 0.25) is 0 Å². The Bertz CT molecular complexity index is 739. The number of hydrogen-bond acceptors (Lipinski definition) is 6. The summed E-state index contributed by atoms with van der Waals surface area (Å²) in [5, 5.41) is 16.2. The van der Waals surface area contributed by atoms with Crippen molar-refractivity contribution < 1.29 is 58.5 Å². The second-order valence-corrected chi connectivity index (χ2v) is 6.43. The molecule has 0 bridgehead atoms. The van der Waals surface area contributed by atoms with Gasteiger partial charge in [0, 0.05) is 25.5 Å². The zero-order chi connectivity index (χ0) is 22.2. The molecular formula is C22H29N2NaO6. The van der Waals surface area contributed by atoms with Gasteiger partial charge in [0.25, 0.3) is 0 Å². The molecule has 2 amide bonds. The van der Waals surface area contributed by atoms with E-state index in [4.69, 9.17) is 9.47 Å². The molecule has 0 radical (unpaired) electrons. The van der Waals surface area contributed by atoms with Crippen LogP contribution in [0.15, 0.2) is 43.5 Å². The van der Waals surface area contributed by atoms with Crippen molar-refractivity contribution in [3.8, 4) is 11.5 Å². The van der Waals surface area contributed by atoms with E-state index in [-0.39, 0.29) is 47.8 Å². The third-order valence-electron chi connectivity index (χ3n) is 3.98. The summed E-state index contributed by atoms with van der Waals surface area (Å²) in [5.74, 6) is -0.616.